The van der Waals surface area contributed by atoms with E-state index in [4.69, 9.17) is 0 Å². The fourth-order valence-electron chi connectivity index (χ4n) is 3.00. The van der Waals surface area contributed by atoms with Crippen LogP contribution in [0.1, 0.15) is 15.9 Å². The molecule has 27 heavy (non-hydrogen) atoms. The zero-order valence-corrected chi connectivity index (χ0v) is 13.9. The van der Waals surface area contributed by atoms with Crippen LogP contribution in [0.15, 0.2) is 66.7 Å². The number of carbonyl (C=O) groups is 1. The highest BCUT2D eigenvalue weighted by atomic mass is 19.4. The summed E-state index contributed by atoms with van der Waals surface area (Å²) >= 11 is 0. The molecule has 1 aromatic heterocycles. The number of aromatic nitrogens is 2. The third kappa shape index (κ3) is 3.21. The summed E-state index contributed by atoms with van der Waals surface area (Å²) in [4.78, 5) is 18.7. The maximum atomic E-state index is 12.9. The molecular weight excluding hydrogens is 353 g/mol. The predicted molar refractivity (Wildman–Crippen MR) is 97.4 cm³/mol. The van der Waals surface area contributed by atoms with E-state index in [1.54, 1.807) is 18.2 Å². The Morgan fingerprint density at radius 2 is 1.67 bits per heavy atom. The lowest BCUT2D eigenvalue weighted by atomic mass is 9.98. The summed E-state index contributed by atoms with van der Waals surface area (Å²) in [5, 5.41) is 0. The number of hydrogen-bond acceptors (Lipinski definition) is 2. The summed E-state index contributed by atoms with van der Waals surface area (Å²) in [7, 11) is 0. The second-order valence-corrected chi connectivity index (χ2v) is 6.10. The van der Waals surface area contributed by atoms with Crippen LogP contribution in [0.25, 0.3) is 33.5 Å². The van der Waals surface area contributed by atoms with Crippen molar-refractivity contribution in [2.45, 2.75) is 6.18 Å². The standard InChI is InChI=1S/C21H13F3N2O/c22-21(23,24)16-8-9-18-19(11-16)26-20(25-18)14-6-7-15(12-27)17(10-14)13-4-2-1-3-5-13/h1-12H,(H,25,26). The molecule has 1 heterocycles. The fraction of sp³-hybridized carbons (Fsp3) is 0.0476. The number of rotatable bonds is 3. The molecule has 0 aliphatic heterocycles. The molecule has 0 saturated carbocycles. The number of nitrogens with zero attached hydrogens (tertiary/aromatic N) is 1. The fourth-order valence-corrected chi connectivity index (χ4v) is 3.00. The molecule has 1 N–H and O–H groups in total. The number of nitrogens with one attached hydrogen (secondary N) is 1. The van der Waals surface area contributed by atoms with Gasteiger partial charge in [-0.15, -0.1) is 0 Å². The van der Waals surface area contributed by atoms with Gasteiger partial charge >= 0.3 is 6.18 Å². The molecule has 134 valence electrons. The van der Waals surface area contributed by atoms with Crippen LogP contribution >= 0.6 is 0 Å². The van der Waals surface area contributed by atoms with Gasteiger partial charge < -0.3 is 4.98 Å². The number of alkyl halides is 3. The van der Waals surface area contributed by atoms with Crippen molar-refractivity contribution in [2.75, 3.05) is 0 Å². The molecular formula is C21H13F3N2O. The largest absolute Gasteiger partial charge is 0.416 e. The average Bonchev–Trinajstić information content (AvgIpc) is 3.11. The molecule has 0 bridgehead atoms. The average molecular weight is 366 g/mol. The van der Waals surface area contributed by atoms with Gasteiger partial charge in [-0.1, -0.05) is 42.5 Å². The summed E-state index contributed by atoms with van der Waals surface area (Å²) in [6, 6.07) is 18.0. The Morgan fingerprint density at radius 1 is 0.889 bits per heavy atom. The minimum absolute atomic E-state index is 0.306. The Balaban J connectivity index is 1.83. The van der Waals surface area contributed by atoms with Crippen LogP contribution in [0.5, 0.6) is 0 Å². The van der Waals surface area contributed by atoms with E-state index in [1.807, 2.05) is 30.3 Å². The van der Waals surface area contributed by atoms with E-state index < -0.39 is 11.7 Å². The third-order valence-electron chi connectivity index (χ3n) is 4.35. The molecule has 3 nitrogen and oxygen atoms in total. The number of carbonyl (C=O) groups excluding carboxylic acids is 1. The van der Waals surface area contributed by atoms with E-state index in [9.17, 15) is 18.0 Å². The second-order valence-electron chi connectivity index (χ2n) is 6.10. The molecule has 0 fully saturated rings. The van der Waals surface area contributed by atoms with E-state index in [1.165, 1.54) is 6.07 Å². The molecule has 0 saturated heterocycles. The molecule has 0 radical (unpaired) electrons. The first kappa shape index (κ1) is 17.0. The van der Waals surface area contributed by atoms with Gasteiger partial charge in [0.1, 0.15) is 5.82 Å². The van der Waals surface area contributed by atoms with Crippen LogP contribution in [0.4, 0.5) is 13.2 Å². The number of benzene rings is 3. The summed E-state index contributed by atoms with van der Waals surface area (Å²) in [5.41, 5.74) is 2.84. The van der Waals surface area contributed by atoms with Gasteiger partial charge in [-0.2, -0.15) is 13.2 Å². The SMILES string of the molecule is O=Cc1ccc(-c2nc3ccc(C(F)(F)F)cc3[nH]2)cc1-c1ccccc1. The highest BCUT2D eigenvalue weighted by Gasteiger charge is 2.30. The Morgan fingerprint density at radius 3 is 2.37 bits per heavy atom. The van der Waals surface area contributed by atoms with E-state index in [0.29, 0.717) is 28.0 Å². The topological polar surface area (TPSA) is 45.8 Å². The van der Waals surface area contributed by atoms with Crippen LogP contribution in [-0.4, -0.2) is 16.3 Å². The third-order valence-corrected chi connectivity index (χ3v) is 4.35. The lowest BCUT2D eigenvalue weighted by Gasteiger charge is -2.07. The molecule has 0 aliphatic carbocycles. The molecule has 0 atom stereocenters. The van der Waals surface area contributed by atoms with Crippen molar-refractivity contribution in [3.8, 4) is 22.5 Å². The van der Waals surface area contributed by atoms with E-state index in [0.717, 1.165) is 29.5 Å². The lowest BCUT2D eigenvalue weighted by molar-refractivity contribution is -0.137. The van der Waals surface area contributed by atoms with Crippen LogP contribution in [0, 0.1) is 0 Å². The Kier molecular flexibility index (Phi) is 4.03. The van der Waals surface area contributed by atoms with Crippen molar-refractivity contribution < 1.29 is 18.0 Å². The van der Waals surface area contributed by atoms with Crippen molar-refractivity contribution in [1.82, 2.24) is 9.97 Å². The number of imidazole rings is 1. The first-order chi connectivity index (χ1) is 13.0. The molecule has 0 spiro atoms. The maximum absolute atomic E-state index is 12.9. The Hall–Kier alpha value is -3.41. The van der Waals surface area contributed by atoms with Crippen LogP contribution in [0.2, 0.25) is 0 Å². The van der Waals surface area contributed by atoms with E-state index >= 15 is 0 Å². The molecule has 0 aliphatic rings. The lowest BCUT2D eigenvalue weighted by Crippen LogP contribution is -2.04. The van der Waals surface area contributed by atoms with Gasteiger partial charge in [-0.05, 0) is 35.4 Å². The quantitative estimate of drug-likeness (QED) is 0.471. The second kappa shape index (κ2) is 6.39. The molecule has 0 unspecified atom stereocenters. The van der Waals surface area contributed by atoms with Gasteiger partial charge in [-0.3, -0.25) is 4.79 Å². The monoisotopic (exact) mass is 366 g/mol. The zero-order valence-electron chi connectivity index (χ0n) is 13.9. The normalized spacial score (nSPS) is 11.7. The van der Waals surface area contributed by atoms with E-state index in [-0.39, 0.29) is 0 Å². The molecule has 3 aromatic carbocycles. The first-order valence-corrected chi connectivity index (χ1v) is 8.18. The minimum atomic E-state index is -4.41. The van der Waals surface area contributed by atoms with Gasteiger partial charge in [0.25, 0.3) is 0 Å². The van der Waals surface area contributed by atoms with Crippen molar-refractivity contribution in [2.24, 2.45) is 0 Å². The number of hydrogen-bond donors (Lipinski definition) is 1. The summed E-state index contributed by atoms with van der Waals surface area (Å²) in [6.45, 7) is 0. The highest BCUT2D eigenvalue weighted by Crippen LogP contribution is 2.33. The van der Waals surface area contributed by atoms with Crippen molar-refractivity contribution in [1.29, 1.82) is 0 Å². The highest BCUT2D eigenvalue weighted by molar-refractivity contribution is 5.90. The number of aromatic amines is 1. The zero-order chi connectivity index (χ0) is 19.0. The summed E-state index contributed by atoms with van der Waals surface area (Å²) in [5.74, 6) is 0.443. The van der Waals surface area contributed by atoms with E-state index in [2.05, 4.69) is 9.97 Å². The van der Waals surface area contributed by atoms with Crippen molar-refractivity contribution >= 4 is 17.3 Å². The smallest absolute Gasteiger partial charge is 0.338 e. The molecule has 0 amide bonds. The number of aldehydes is 1. The van der Waals surface area contributed by atoms with Gasteiger partial charge in [0.15, 0.2) is 6.29 Å². The number of fused-ring (bicyclic) bond motifs is 1. The molecule has 4 rings (SSSR count). The number of H-pyrrole nitrogens is 1. The number of halogens is 3. The van der Waals surface area contributed by atoms with Gasteiger partial charge in [-0.25, -0.2) is 4.98 Å². The first-order valence-electron chi connectivity index (χ1n) is 8.18. The summed E-state index contributed by atoms with van der Waals surface area (Å²) < 4.78 is 38.7. The van der Waals surface area contributed by atoms with Gasteiger partial charge in [0.05, 0.1) is 16.6 Å². The van der Waals surface area contributed by atoms with Crippen LogP contribution in [-0.2, 0) is 6.18 Å². The molecule has 4 aromatic rings. The van der Waals surface area contributed by atoms with Crippen LogP contribution < -0.4 is 0 Å². The summed E-state index contributed by atoms with van der Waals surface area (Å²) in [6.07, 6.45) is -3.63. The predicted octanol–water partition coefficient (Wildman–Crippen LogP) is 5.73. The van der Waals surface area contributed by atoms with Crippen molar-refractivity contribution in [3.05, 3.63) is 77.9 Å². The van der Waals surface area contributed by atoms with Gasteiger partial charge in [0.2, 0.25) is 0 Å². The maximum Gasteiger partial charge on any atom is 0.416 e. The van der Waals surface area contributed by atoms with Crippen molar-refractivity contribution in [3.63, 3.8) is 0 Å². The van der Waals surface area contributed by atoms with Crippen LogP contribution in [0.3, 0.4) is 0 Å². The minimum Gasteiger partial charge on any atom is -0.338 e. The Labute approximate surface area is 152 Å². The molecule has 6 heteroatoms. The Bertz CT molecular complexity index is 1130. The van der Waals surface area contributed by atoms with Gasteiger partial charge in [0, 0.05) is 11.1 Å².